The molecule has 0 radical (unpaired) electrons. The van der Waals surface area contributed by atoms with Gasteiger partial charge in [-0.15, -0.1) is 0 Å². The van der Waals surface area contributed by atoms with Gasteiger partial charge in [0.2, 0.25) is 0 Å². The molecule has 2 heterocycles. The normalized spacial score (nSPS) is 24.8. The third-order valence-corrected chi connectivity index (χ3v) is 6.19. The second-order valence-corrected chi connectivity index (χ2v) is 8.17. The molecule has 3 aliphatic rings. The first kappa shape index (κ1) is 18.8. The molecule has 1 saturated carbocycles. The van der Waals surface area contributed by atoms with Crippen LogP contribution in [0.4, 0.5) is 0 Å². The SMILES string of the molecule is NCC1CC(C2NC(c3cccc(OCc4ccccc4)c3)=C3C(N)=NC=CN32)C1. The zero-order valence-electron chi connectivity index (χ0n) is 16.9. The van der Waals surface area contributed by atoms with Crippen molar-refractivity contribution in [1.82, 2.24) is 10.2 Å². The van der Waals surface area contributed by atoms with Crippen LogP contribution in [0.15, 0.2) is 77.7 Å². The molecule has 0 bridgehead atoms. The van der Waals surface area contributed by atoms with E-state index in [9.17, 15) is 0 Å². The molecule has 6 heteroatoms. The number of aliphatic imine (C=N–C) groups is 1. The summed E-state index contributed by atoms with van der Waals surface area (Å²) >= 11 is 0. The number of hydrogen-bond acceptors (Lipinski definition) is 6. The largest absolute Gasteiger partial charge is 0.489 e. The first-order valence-corrected chi connectivity index (χ1v) is 10.5. The Morgan fingerprint density at radius 1 is 1.10 bits per heavy atom. The average molecular weight is 402 g/mol. The van der Waals surface area contributed by atoms with Crippen LogP contribution in [0.5, 0.6) is 5.75 Å². The molecule has 2 aromatic rings. The number of fused-ring (bicyclic) bond motifs is 1. The highest BCUT2D eigenvalue weighted by Gasteiger charge is 2.43. The molecule has 5 N–H and O–H groups in total. The summed E-state index contributed by atoms with van der Waals surface area (Å²) in [6, 6.07) is 18.3. The topological polar surface area (TPSA) is 88.9 Å². The van der Waals surface area contributed by atoms with Crippen molar-refractivity contribution in [1.29, 1.82) is 0 Å². The van der Waals surface area contributed by atoms with Gasteiger partial charge in [0.05, 0.1) is 5.70 Å². The lowest BCUT2D eigenvalue weighted by molar-refractivity contribution is 0.106. The van der Waals surface area contributed by atoms with Gasteiger partial charge < -0.3 is 26.4 Å². The third-order valence-electron chi connectivity index (χ3n) is 6.19. The fraction of sp³-hybridized carbons (Fsp3) is 0.292. The molecule has 30 heavy (non-hydrogen) atoms. The van der Waals surface area contributed by atoms with Gasteiger partial charge in [-0.2, -0.15) is 0 Å². The smallest absolute Gasteiger partial charge is 0.149 e. The minimum absolute atomic E-state index is 0.178. The summed E-state index contributed by atoms with van der Waals surface area (Å²) in [5.41, 5.74) is 16.3. The van der Waals surface area contributed by atoms with Crippen LogP contribution in [0.3, 0.4) is 0 Å². The lowest BCUT2D eigenvalue weighted by atomic mass is 9.73. The van der Waals surface area contributed by atoms with E-state index in [0.29, 0.717) is 24.3 Å². The Morgan fingerprint density at radius 2 is 1.93 bits per heavy atom. The summed E-state index contributed by atoms with van der Waals surface area (Å²) in [5.74, 6) is 2.53. The summed E-state index contributed by atoms with van der Waals surface area (Å²) < 4.78 is 6.04. The maximum Gasteiger partial charge on any atom is 0.149 e. The van der Waals surface area contributed by atoms with Gasteiger partial charge >= 0.3 is 0 Å². The molecular formula is C24H27N5O. The number of nitrogens with one attached hydrogen (secondary N) is 1. The summed E-state index contributed by atoms with van der Waals surface area (Å²) in [7, 11) is 0. The summed E-state index contributed by atoms with van der Waals surface area (Å²) in [6.45, 7) is 1.30. The van der Waals surface area contributed by atoms with E-state index in [1.165, 1.54) is 0 Å². The van der Waals surface area contributed by atoms with Crippen LogP contribution in [0.25, 0.3) is 5.70 Å². The van der Waals surface area contributed by atoms with Crippen LogP contribution in [-0.2, 0) is 6.61 Å². The Hall–Kier alpha value is -3.25. The summed E-state index contributed by atoms with van der Waals surface area (Å²) in [6.07, 6.45) is 6.24. The molecule has 6 nitrogen and oxygen atoms in total. The molecule has 0 amide bonds. The minimum Gasteiger partial charge on any atom is -0.489 e. The molecule has 154 valence electrons. The van der Waals surface area contributed by atoms with Gasteiger partial charge in [-0.3, -0.25) is 0 Å². The Bertz CT molecular complexity index is 1010. The molecule has 0 aromatic heterocycles. The quantitative estimate of drug-likeness (QED) is 0.692. The van der Waals surface area contributed by atoms with Crippen molar-refractivity contribution in [3.05, 3.63) is 83.8 Å². The van der Waals surface area contributed by atoms with Crippen molar-refractivity contribution in [2.45, 2.75) is 25.6 Å². The second-order valence-electron chi connectivity index (χ2n) is 8.17. The average Bonchev–Trinajstić information content (AvgIpc) is 3.13. The maximum atomic E-state index is 6.30. The number of rotatable bonds is 6. The number of ether oxygens (including phenoxy) is 1. The Labute approximate surface area is 176 Å². The van der Waals surface area contributed by atoms with Crippen LogP contribution in [0.2, 0.25) is 0 Å². The molecule has 1 atom stereocenters. The molecular weight excluding hydrogens is 374 g/mol. The molecule has 2 aliphatic heterocycles. The van der Waals surface area contributed by atoms with E-state index in [1.807, 2.05) is 36.5 Å². The number of nitrogens with zero attached hydrogens (tertiary/aromatic N) is 2. The van der Waals surface area contributed by atoms with Crippen LogP contribution in [-0.4, -0.2) is 23.4 Å². The van der Waals surface area contributed by atoms with E-state index in [-0.39, 0.29) is 6.17 Å². The molecule has 1 aliphatic carbocycles. The number of hydrogen-bond donors (Lipinski definition) is 3. The van der Waals surface area contributed by atoms with Gasteiger partial charge in [-0.1, -0.05) is 42.5 Å². The van der Waals surface area contributed by atoms with E-state index in [2.05, 4.69) is 39.5 Å². The Morgan fingerprint density at radius 3 is 2.73 bits per heavy atom. The molecule has 1 unspecified atom stereocenters. The van der Waals surface area contributed by atoms with Gasteiger partial charge in [0.25, 0.3) is 0 Å². The molecule has 0 spiro atoms. The first-order valence-electron chi connectivity index (χ1n) is 10.5. The Kier molecular flexibility index (Phi) is 4.93. The van der Waals surface area contributed by atoms with E-state index in [1.54, 1.807) is 6.20 Å². The number of benzene rings is 2. The zero-order chi connectivity index (χ0) is 20.5. The van der Waals surface area contributed by atoms with E-state index < -0.39 is 0 Å². The van der Waals surface area contributed by atoms with Gasteiger partial charge in [0.15, 0.2) is 0 Å². The minimum atomic E-state index is 0.178. The standard InChI is InChI=1S/C24H27N5O/c25-14-17-11-19(12-17)24-28-21(22-23(26)27-9-10-29(22)24)18-7-4-8-20(13-18)30-15-16-5-2-1-3-6-16/h1-10,13,17,19,24,28H,11-12,14-15,25H2,(H2,26,27). The first-order chi connectivity index (χ1) is 14.7. The maximum absolute atomic E-state index is 6.30. The van der Waals surface area contributed by atoms with Crippen molar-refractivity contribution >= 4 is 11.5 Å². The van der Waals surface area contributed by atoms with Gasteiger partial charge in [0, 0.05) is 18.0 Å². The fourth-order valence-corrected chi connectivity index (χ4v) is 4.51. The van der Waals surface area contributed by atoms with Crippen molar-refractivity contribution in [3.63, 3.8) is 0 Å². The van der Waals surface area contributed by atoms with Crippen LogP contribution in [0, 0.1) is 11.8 Å². The lowest BCUT2D eigenvalue weighted by Gasteiger charge is -2.42. The van der Waals surface area contributed by atoms with Gasteiger partial charge in [0.1, 0.15) is 30.1 Å². The lowest BCUT2D eigenvalue weighted by Crippen LogP contribution is -2.48. The molecule has 2 aromatic carbocycles. The van der Waals surface area contributed by atoms with Crippen molar-refractivity contribution in [2.75, 3.05) is 6.54 Å². The predicted octanol–water partition coefficient (Wildman–Crippen LogP) is 2.99. The fourth-order valence-electron chi connectivity index (χ4n) is 4.51. The number of amidine groups is 1. The number of nitrogens with two attached hydrogens (primary N) is 2. The molecule has 5 rings (SSSR count). The second kappa shape index (κ2) is 7.88. The Balaban J connectivity index is 1.39. The van der Waals surface area contributed by atoms with Crippen LogP contribution in [0.1, 0.15) is 24.0 Å². The summed E-state index contributed by atoms with van der Waals surface area (Å²) in [5, 5.41) is 3.72. The van der Waals surface area contributed by atoms with Gasteiger partial charge in [-0.25, -0.2) is 4.99 Å². The van der Waals surface area contributed by atoms with Crippen molar-refractivity contribution < 1.29 is 4.74 Å². The zero-order valence-corrected chi connectivity index (χ0v) is 16.9. The highest BCUT2D eigenvalue weighted by molar-refractivity contribution is 6.05. The van der Waals surface area contributed by atoms with Gasteiger partial charge in [-0.05, 0) is 48.9 Å². The van der Waals surface area contributed by atoms with Crippen molar-refractivity contribution in [2.24, 2.45) is 28.3 Å². The van der Waals surface area contributed by atoms with E-state index >= 15 is 0 Å². The molecule has 0 saturated heterocycles. The summed E-state index contributed by atoms with van der Waals surface area (Å²) in [4.78, 5) is 6.57. The van der Waals surface area contributed by atoms with E-state index in [4.69, 9.17) is 16.2 Å². The highest BCUT2D eigenvalue weighted by Crippen LogP contribution is 2.42. The van der Waals surface area contributed by atoms with Crippen LogP contribution < -0.4 is 21.5 Å². The van der Waals surface area contributed by atoms with Crippen molar-refractivity contribution in [3.8, 4) is 5.75 Å². The predicted molar refractivity (Wildman–Crippen MR) is 119 cm³/mol. The monoisotopic (exact) mass is 401 g/mol. The third kappa shape index (κ3) is 3.44. The highest BCUT2D eigenvalue weighted by atomic mass is 16.5. The molecule has 1 fully saturated rings. The van der Waals surface area contributed by atoms with Crippen LogP contribution >= 0.6 is 0 Å². The van der Waals surface area contributed by atoms with E-state index in [0.717, 1.165) is 47.7 Å².